The van der Waals surface area contributed by atoms with Gasteiger partial charge >= 0.3 is 0 Å². The van der Waals surface area contributed by atoms with Crippen molar-refractivity contribution in [3.63, 3.8) is 0 Å². The number of halogens is 1. The molecule has 1 fully saturated rings. The van der Waals surface area contributed by atoms with Crippen molar-refractivity contribution in [2.24, 2.45) is 0 Å². The van der Waals surface area contributed by atoms with Crippen LogP contribution in [-0.4, -0.2) is 60.9 Å². The molecule has 29 heavy (non-hydrogen) atoms. The van der Waals surface area contributed by atoms with Gasteiger partial charge in [-0.15, -0.1) is 0 Å². The first-order valence-electron chi connectivity index (χ1n) is 9.69. The largest absolute Gasteiger partial charge is 0.490 e. The van der Waals surface area contributed by atoms with E-state index in [4.69, 9.17) is 4.74 Å². The van der Waals surface area contributed by atoms with Gasteiger partial charge in [-0.3, -0.25) is 9.59 Å². The summed E-state index contributed by atoms with van der Waals surface area (Å²) in [7, 11) is 2.05. The highest BCUT2D eigenvalue weighted by Gasteiger charge is 2.23. The lowest BCUT2D eigenvalue weighted by atomic mass is 10.1. The van der Waals surface area contributed by atoms with Gasteiger partial charge in [-0.05, 0) is 51.2 Å². The number of hydrogen-bond acceptors (Lipinski definition) is 4. The molecule has 6 nitrogen and oxygen atoms in total. The molecule has 1 aliphatic heterocycles. The van der Waals surface area contributed by atoms with Crippen LogP contribution < -0.4 is 10.1 Å². The molecule has 2 amide bonds. The summed E-state index contributed by atoms with van der Waals surface area (Å²) in [6.45, 7) is 6.86. The molecule has 7 heteroatoms. The van der Waals surface area contributed by atoms with Gasteiger partial charge in [0.25, 0.3) is 11.8 Å². The van der Waals surface area contributed by atoms with Crippen molar-refractivity contribution in [1.29, 1.82) is 0 Å². The average Bonchev–Trinajstić information content (AvgIpc) is 2.69. The number of anilines is 1. The second-order valence-corrected chi connectivity index (χ2v) is 8.32. The fourth-order valence-corrected chi connectivity index (χ4v) is 3.55. The summed E-state index contributed by atoms with van der Waals surface area (Å²) < 4.78 is 6.56. The summed E-state index contributed by atoms with van der Waals surface area (Å²) in [5.41, 5.74) is 1.40. The number of carbonyl (C=O) groups is 2. The van der Waals surface area contributed by atoms with Gasteiger partial charge in [-0.25, -0.2) is 0 Å². The van der Waals surface area contributed by atoms with E-state index in [1.165, 1.54) is 0 Å². The average molecular weight is 460 g/mol. The molecular weight excluding hydrogens is 434 g/mol. The van der Waals surface area contributed by atoms with Crippen LogP contribution in [0.4, 0.5) is 5.69 Å². The predicted octanol–water partition coefficient (Wildman–Crippen LogP) is 3.88. The van der Waals surface area contributed by atoms with Gasteiger partial charge in [0.15, 0.2) is 0 Å². The Morgan fingerprint density at radius 2 is 1.72 bits per heavy atom. The highest BCUT2D eigenvalue weighted by atomic mass is 79.9. The van der Waals surface area contributed by atoms with Gasteiger partial charge < -0.3 is 19.9 Å². The summed E-state index contributed by atoms with van der Waals surface area (Å²) >= 11 is 3.41. The number of nitrogens with zero attached hydrogens (tertiary/aromatic N) is 2. The lowest BCUT2D eigenvalue weighted by Gasteiger charge is -2.32. The second kappa shape index (κ2) is 9.41. The molecule has 1 aliphatic rings. The van der Waals surface area contributed by atoms with Crippen LogP contribution in [0.1, 0.15) is 34.6 Å². The molecule has 0 bridgehead atoms. The number of nitrogens with one attached hydrogen (secondary N) is 1. The second-order valence-electron chi connectivity index (χ2n) is 7.40. The van der Waals surface area contributed by atoms with E-state index in [2.05, 4.69) is 26.1 Å². The van der Waals surface area contributed by atoms with E-state index in [0.29, 0.717) is 35.7 Å². The molecule has 0 aliphatic carbocycles. The molecule has 2 aromatic carbocycles. The maximum atomic E-state index is 13.0. The first kappa shape index (κ1) is 21.3. The minimum Gasteiger partial charge on any atom is -0.490 e. The molecule has 154 valence electrons. The summed E-state index contributed by atoms with van der Waals surface area (Å²) in [4.78, 5) is 30.1. The summed E-state index contributed by atoms with van der Waals surface area (Å²) in [6.07, 6.45) is -0.0613. The molecule has 0 radical (unpaired) electrons. The molecule has 1 heterocycles. The van der Waals surface area contributed by atoms with E-state index in [1.54, 1.807) is 24.3 Å². The van der Waals surface area contributed by atoms with Crippen molar-refractivity contribution in [3.8, 4) is 5.75 Å². The highest BCUT2D eigenvalue weighted by molar-refractivity contribution is 9.10. The quantitative estimate of drug-likeness (QED) is 0.736. The third kappa shape index (κ3) is 5.36. The minimum atomic E-state index is -0.319. The van der Waals surface area contributed by atoms with Gasteiger partial charge in [0.05, 0.1) is 22.9 Å². The highest BCUT2D eigenvalue weighted by Crippen LogP contribution is 2.26. The van der Waals surface area contributed by atoms with Crippen LogP contribution in [0.5, 0.6) is 5.75 Å². The lowest BCUT2D eigenvalue weighted by molar-refractivity contribution is 0.0665. The zero-order valence-electron chi connectivity index (χ0n) is 16.9. The Bertz CT molecular complexity index is 893. The fraction of sp³-hybridized carbons (Fsp3) is 0.364. The Morgan fingerprint density at radius 3 is 2.41 bits per heavy atom. The Balaban J connectivity index is 1.83. The van der Waals surface area contributed by atoms with Gasteiger partial charge in [0, 0.05) is 30.7 Å². The van der Waals surface area contributed by atoms with Gasteiger partial charge in [0.1, 0.15) is 5.75 Å². The number of rotatable bonds is 5. The molecule has 0 unspecified atom stereocenters. The smallest absolute Gasteiger partial charge is 0.259 e. The first-order chi connectivity index (χ1) is 13.8. The standard InChI is InChI=1S/C22H26BrN3O3/c1-15(2)29-20-9-8-16(23)14-18(20)21(27)24-19-7-5-4-6-17(19)22(28)26-12-10-25(3)11-13-26/h4-9,14-15H,10-13H2,1-3H3,(H,24,27). The van der Waals surface area contributed by atoms with E-state index >= 15 is 0 Å². The van der Waals surface area contributed by atoms with E-state index < -0.39 is 0 Å². The number of likely N-dealkylation sites (N-methyl/N-ethyl adjacent to an activating group) is 1. The maximum Gasteiger partial charge on any atom is 0.259 e. The number of ether oxygens (including phenoxy) is 1. The van der Waals surface area contributed by atoms with Crippen molar-refractivity contribution in [1.82, 2.24) is 9.80 Å². The van der Waals surface area contributed by atoms with Crippen LogP contribution in [0, 0.1) is 0 Å². The molecule has 2 aromatic rings. The van der Waals surface area contributed by atoms with Crippen LogP contribution >= 0.6 is 15.9 Å². The third-order valence-electron chi connectivity index (χ3n) is 4.75. The summed E-state index contributed by atoms with van der Waals surface area (Å²) in [6, 6.07) is 12.4. The number of amides is 2. The van der Waals surface area contributed by atoms with Crippen molar-refractivity contribution < 1.29 is 14.3 Å². The van der Waals surface area contributed by atoms with Gasteiger partial charge in [-0.1, -0.05) is 28.1 Å². The molecule has 0 aromatic heterocycles. The topological polar surface area (TPSA) is 61.9 Å². The van der Waals surface area contributed by atoms with Crippen LogP contribution in [0.3, 0.4) is 0 Å². The zero-order chi connectivity index (χ0) is 21.0. The Labute approximate surface area is 180 Å². The maximum absolute atomic E-state index is 13.0. The number of para-hydroxylation sites is 1. The molecule has 0 saturated carbocycles. The van der Waals surface area contributed by atoms with Gasteiger partial charge in [0.2, 0.25) is 0 Å². The summed E-state index contributed by atoms with van der Waals surface area (Å²) in [5.74, 6) is 0.117. The lowest BCUT2D eigenvalue weighted by Crippen LogP contribution is -2.47. The van der Waals surface area contributed by atoms with Crippen molar-refractivity contribution >= 4 is 33.4 Å². The summed E-state index contributed by atoms with van der Waals surface area (Å²) in [5, 5.41) is 2.90. The first-order valence-corrected chi connectivity index (χ1v) is 10.5. The number of hydrogen-bond donors (Lipinski definition) is 1. The SMILES string of the molecule is CC(C)Oc1ccc(Br)cc1C(=O)Nc1ccccc1C(=O)N1CCN(C)CC1. The number of carbonyl (C=O) groups excluding carboxylic acids is 2. The molecule has 1 saturated heterocycles. The Morgan fingerprint density at radius 1 is 1.03 bits per heavy atom. The van der Waals surface area contributed by atoms with Crippen molar-refractivity contribution in [2.75, 3.05) is 38.5 Å². The monoisotopic (exact) mass is 459 g/mol. The van der Waals surface area contributed by atoms with E-state index in [-0.39, 0.29) is 17.9 Å². The molecule has 1 N–H and O–H groups in total. The van der Waals surface area contributed by atoms with Crippen molar-refractivity contribution in [3.05, 3.63) is 58.1 Å². The minimum absolute atomic E-state index is 0.0613. The Kier molecular flexibility index (Phi) is 6.92. The van der Waals surface area contributed by atoms with E-state index in [0.717, 1.165) is 17.6 Å². The number of piperazine rings is 1. The van der Waals surface area contributed by atoms with Crippen LogP contribution in [0.15, 0.2) is 46.9 Å². The molecule has 0 spiro atoms. The van der Waals surface area contributed by atoms with Crippen LogP contribution in [0.25, 0.3) is 0 Å². The van der Waals surface area contributed by atoms with E-state index in [9.17, 15) is 9.59 Å². The van der Waals surface area contributed by atoms with Crippen LogP contribution in [0.2, 0.25) is 0 Å². The third-order valence-corrected chi connectivity index (χ3v) is 5.24. The van der Waals surface area contributed by atoms with Crippen molar-refractivity contribution in [2.45, 2.75) is 20.0 Å². The molecule has 3 rings (SSSR count). The number of benzene rings is 2. The van der Waals surface area contributed by atoms with E-state index in [1.807, 2.05) is 44.0 Å². The fourth-order valence-electron chi connectivity index (χ4n) is 3.18. The van der Waals surface area contributed by atoms with Gasteiger partial charge in [-0.2, -0.15) is 0 Å². The predicted molar refractivity (Wildman–Crippen MR) is 118 cm³/mol. The van der Waals surface area contributed by atoms with Crippen LogP contribution in [-0.2, 0) is 0 Å². The molecule has 0 atom stereocenters. The Hall–Kier alpha value is -2.38. The normalized spacial score (nSPS) is 14.7. The molecular formula is C22H26BrN3O3. The zero-order valence-corrected chi connectivity index (χ0v) is 18.5.